The van der Waals surface area contributed by atoms with Crippen LogP contribution in [-0.2, 0) is 22.3 Å². The van der Waals surface area contributed by atoms with E-state index in [1.165, 1.54) is 12.1 Å². The Hall–Kier alpha value is -6.00. The quantitative estimate of drug-likeness (QED) is 0.176. The summed E-state index contributed by atoms with van der Waals surface area (Å²) < 4.78 is 44.9. The number of halogens is 3. The number of piperidine rings is 1. The molecule has 0 aliphatic carbocycles. The van der Waals surface area contributed by atoms with E-state index >= 15 is 0 Å². The van der Waals surface area contributed by atoms with Crippen molar-refractivity contribution in [2.75, 3.05) is 36.4 Å². The van der Waals surface area contributed by atoms with Crippen LogP contribution < -0.4 is 15.5 Å². The number of carbonyl (C=O) groups is 3. The molecule has 2 aliphatic heterocycles. The van der Waals surface area contributed by atoms with Crippen LogP contribution in [-0.4, -0.2) is 63.4 Å². The molecule has 5 aromatic rings. The summed E-state index contributed by atoms with van der Waals surface area (Å²) in [6, 6.07) is 20.1. The van der Waals surface area contributed by atoms with Crippen molar-refractivity contribution in [1.29, 1.82) is 0 Å². The number of amides is 3. The van der Waals surface area contributed by atoms with Crippen LogP contribution >= 0.6 is 0 Å². The topological polar surface area (TPSA) is 112 Å². The van der Waals surface area contributed by atoms with Crippen LogP contribution in [0, 0.1) is 18.8 Å². The average Bonchev–Trinajstić information content (AvgIpc) is 3.54. The predicted octanol–water partition coefficient (Wildman–Crippen LogP) is 5.55. The number of aryl methyl sites for hydroxylation is 1. The number of piperazine rings is 1. The highest BCUT2D eigenvalue weighted by atomic mass is 19.4. The number of nitrogens with zero attached hydrogens (tertiary/aromatic N) is 5. The Kier molecular flexibility index (Phi) is 9.49. The Morgan fingerprint density at radius 3 is 2.60 bits per heavy atom. The van der Waals surface area contributed by atoms with E-state index in [0.29, 0.717) is 62.5 Å². The fraction of sp³-hybridized carbons (Fsp3) is 0.256. The van der Waals surface area contributed by atoms with E-state index < -0.39 is 17.6 Å². The maximum atomic E-state index is 14.4. The minimum Gasteiger partial charge on any atom is -0.368 e. The third-order valence-electron chi connectivity index (χ3n) is 9.37. The summed E-state index contributed by atoms with van der Waals surface area (Å²) in [6.07, 6.45) is -0.658. The second-order valence-electron chi connectivity index (χ2n) is 12.9. The molecule has 52 heavy (non-hydrogen) atoms. The highest BCUT2D eigenvalue weighted by Gasteiger charge is 2.36. The minimum absolute atomic E-state index is 0.0284. The van der Waals surface area contributed by atoms with Gasteiger partial charge in [-0.1, -0.05) is 36.3 Å². The molecule has 3 aromatic carbocycles. The molecule has 2 aliphatic rings. The van der Waals surface area contributed by atoms with E-state index in [4.69, 9.17) is 0 Å². The van der Waals surface area contributed by atoms with Gasteiger partial charge in [0.25, 0.3) is 5.91 Å². The second-order valence-corrected chi connectivity index (χ2v) is 12.9. The van der Waals surface area contributed by atoms with Crippen molar-refractivity contribution < 1.29 is 27.6 Å². The van der Waals surface area contributed by atoms with Gasteiger partial charge >= 0.3 is 6.18 Å². The molecule has 0 saturated carbocycles. The van der Waals surface area contributed by atoms with Crippen LogP contribution in [0.4, 0.5) is 24.5 Å². The zero-order valence-electron chi connectivity index (χ0n) is 28.2. The van der Waals surface area contributed by atoms with Crippen LogP contribution in [0.1, 0.15) is 62.6 Å². The van der Waals surface area contributed by atoms with Gasteiger partial charge in [-0.15, -0.1) is 0 Å². The molecule has 2 N–H and O–H groups in total. The van der Waals surface area contributed by atoms with Gasteiger partial charge in [-0.05, 0) is 78.4 Å². The number of alkyl halides is 3. The van der Waals surface area contributed by atoms with Gasteiger partial charge in [-0.2, -0.15) is 18.3 Å². The number of benzene rings is 3. The van der Waals surface area contributed by atoms with Crippen LogP contribution in [0.15, 0.2) is 85.2 Å². The number of hydrogen-bond acceptors (Lipinski definition) is 7. The molecule has 4 heterocycles. The molecule has 13 heteroatoms. The van der Waals surface area contributed by atoms with Gasteiger partial charge in [-0.3, -0.25) is 24.6 Å². The lowest BCUT2D eigenvalue weighted by Crippen LogP contribution is -2.46. The standard InChI is InChI=1S/C39H34F3N7O3/c1-25-7-8-29(21-27(25)9-11-31-23-43-35-6-3-15-44-49(31)35)37(51)45-30-10-13-34(33(22-30)39(40,41)42)48-18-16-47(17-19-48)24-26-4-2-5-28(20-26)32-12-14-36(50)46-38(32)52/h2-8,10,13,15,20-23,32H,12,14,16-19,24H2,1H3,(H,45,51)(H,46,50,52). The molecule has 10 nitrogen and oxygen atoms in total. The number of imide groups is 1. The molecule has 0 radical (unpaired) electrons. The van der Waals surface area contributed by atoms with Crippen molar-refractivity contribution in [2.24, 2.45) is 0 Å². The summed E-state index contributed by atoms with van der Waals surface area (Å²) >= 11 is 0. The Morgan fingerprint density at radius 1 is 0.981 bits per heavy atom. The van der Waals surface area contributed by atoms with E-state index in [0.717, 1.165) is 22.8 Å². The first-order valence-corrected chi connectivity index (χ1v) is 16.9. The summed E-state index contributed by atoms with van der Waals surface area (Å²) in [6.45, 7) is 4.25. The highest BCUT2D eigenvalue weighted by molar-refractivity contribution is 6.04. The van der Waals surface area contributed by atoms with Crippen molar-refractivity contribution >= 4 is 34.7 Å². The van der Waals surface area contributed by atoms with E-state index in [-0.39, 0.29) is 34.7 Å². The third-order valence-corrected chi connectivity index (χ3v) is 9.37. The van der Waals surface area contributed by atoms with Gasteiger partial charge in [0.05, 0.1) is 17.7 Å². The Bertz CT molecular complexity index is 2250. The first-order chi connectivity index (χ1) is 25.0. The number of aromatic nitrogens is 3. The number of fused-ring (bicyclic) bond motifs is 1. The van der Waals surface area contributed by atoms with Crippen molar-refractivity contribution in [2.45, 2.75) is 38.4 Å². The number of rotatable bonds is 6. The zero-order valence-corrected chi connectivity index (χ0v) is 28.2. The Labute approximate surface area is 297 Å². The summed E-state index contributed by atoms with van der Waals surface area (Å²) in [4.78, 5) is 45.3. The normalized spacial score (nSPS) is 16.7. The maximum absolute atomic E-state index is 14.4. The van der Waals surface area contributed by atoms with Gasteiger partial charge in [0.15, 0.2) is 5.65 Å². The van der Waals surface area contributed by atoms with Crippen LogP contribution in [0.3, 0.4) is 0 Å². The fourth-order valence-corrected chi connectivity index (χ4v) is 6.59. The van der Waals surface area contributed by atoms with Gasteiger partial charge in [0, 0.05) is 67.8 Å². The first kappa shape index (κ1) is 34.4. The third kappa shape index (κ3) is 7.52. The first-order valence-electron chi connectivity index (χ1n) is 16.9. The second kappa shape index (κ2) is 14.3. The molecule has 7 rings (SSSR count). The van der Waals surface area contributed by atoms with Crippen molar-refractivity contribution in [3.8, 4) is 11.8 Å². The number of carbonyl (C=O) groups excluding carboxylic acids is 3. The molecular formula is C39H34F3N7O3. The van der Waals surface area contributed by atoms with Gasteiger partial charge in [0.1, 0.15) is 5.69 Å². The van der Waals surface area contributed by atoms with E-state index in [2.05, 4.69) is 37.5 Å². The summed E-state index contributed by atoms with van der Waals surface area (Å²) in [5, 5.41) is 9.28. The van der Waals surface area contributed by atoms with Gasteiger partial charge < -0.3 is 10.2 Å². The Balaban J connectivity index is 1.01. The molecule has 264 valence electrons. The van der Waals surface area contributed by atoms with E-state index in [9.17, 15) is 27.6 Å². The number of nitrogens with one attached hydrogen (secondary N) is 2. The van der Waals surface area contributed by atoms with Crippen molar-refractivity contribution in [3.05, 3.63) is 124 Å². The van der Waals surface area contributed by atoms with Gasteiger partial charge in [-0.25, -0.2) is 9.50 Å². The SMILES string of the molecule is Cc1ccc(C(=O)Nc2ccc(N3CCN(Cc4cccc(C5CCC(=O)NC5=O)c4)CC3)c(C(F)(F)F)c2)cc1C#Cc1cnc2cccnn12. The molecule has 2 fully saturated rings. The molecular weight excluding hydrogens is 671 g/mol. The largest absolute Gasteiger partial charge is 0.418 e. The molecule has 0 spiro atoms. The van der Waals surface area contributed by atoms with Crippen molar-refractivity contribution in [1.82, 2.24) is 24.8 Å². The minimum atomic E-state index is -4.65. The van der Waals surface area contributed by atoms with Crippen LogP contribution in [0.5, 0.6) is 0 Å². The van der Waals surface area contributed by atoms with Crippen LogP contribution in [0.25, 0.3) is 5.65 Å². The lowest BCUT2D eigenvalue weighted by Gasteiger charge is -2.37. The zero-order chi connectivity index (χ0) is 36.4. The lowest BCUT2D eigenvalue weighted by atomic mass is 9.89. The average molecular weight is 706 g/mol. The van der Waals surface area contributed by atoms with Crippen LogP contribution in [0.2, 0.25) is 0 Å². The smallest absolute Gasteiger partial charge is 0.368 e. The molecule has 3 amide bonds. The van der Waals surface area contributed by atoms with Gasteiger partial charge in [0.2, 0.25) is 11.8 Å². The summed E-state index contributed by atoms with van der Waals surface area (Å²) in [5.41, 5.74) is 3.98. The predicted molar refractivity (Wildman–Crippen MR) is 189 cm³/mol. The van der Waals surface area contributed by atoms with E-state index in [1.807, 2.05) is 37.3 Å². The maximum Gasteiger partial charge on any atom is 0.418 e. The van der Waals surface area contributed by atoms with E-state index in [1.54, 1.807) is 46.1 Å². The number of anilines is 2. The van der Waals surface area contributed by atoms with Crippen molar-refractivity contribution in [3.63, 3.8) is 0 Å². The highest BCUT2D eigenvalue weighted by Crippen LogP contribution is 2.39. The molecule has 1 atom stereocenters. The fourth-order valence-electron chi connectivity index (χ4n) is 6.59. The number of hydrogen-bond donors (Lipinski definition) is 2. The molecule has 1 unspecified atom stereocenters. The molecule has 0 bridgehead atoms. The summed E-state index contributed by atoms with van der Waals surface area (Å²) in [7, 11) is 0. The summed E-state index contributed by atoms with van der Waals surface area (Å²) in [5.74, 6) is 4.59. The molecule has 2 saturated heterocycles. The number of imidazole rings is 1. The molecule has 2 aromatic heterocycles. The lowest BCUT2D eigenvalue weighted by molar-refractivity contribution is -0.137. The Morgan fingerprint density at radius 2 is 1.81 bits per heavy atom. The monoisotopic (exact) mass is 705 g/mol.